The lowest BCUT2D eigenvalue weighted by molar-refractivity contribution is -0.123. The van der Waals surface area contributed by atoms with Crippen LogP contribution in [0, 0.1) is 5.92 Å². The number of rotatable bonds is 4. The Morgan fingerprint density at radius 1 is 1.38 bits per heavy atom. The normalized spacial score (nSPS) is 19.5. The fraction of sp³-hybridized carbons (Fsp3) is 0.375. The van der Waals surface area contributed by atoms with Crippen LogP contribution in [-0.2, 0) is 11.3 Å². The van der Waals surface area contributed by atoms with Gasteiger partial charge in [0.1, 0.15) is 0 Å². The third-order valence-corrected chi connectivity index (χ3v) is 4.05. The molecule has 1 aliphatic rings. The zero-order chi connectivity index (χ0) is 14.7. The average molecular weight is 284 g/mol. The number of amides is 1. The third-order valence-electron chi connectivity index (χ3n) is 4.05. The van der Waals surface area contributed by atoms with Gasteiger partial charge in [0.25, 0.3) is 0 Å². The maximum absolute atomic E-state index is 11.4. The molecule has 2 aromatic heterocycles. The quantitative estimate of drug-likeness (QED) is 0.927. The van der Waals surface area contributed by atoms with Gasteiger partial charge in [0.15, 0.2) is 0 Å². The van der Waals surface area contributed by atoms with Crippen molar-refractivity contribution < 1.29 is 4.79 Å². The second-order valence-electron chi connectivity index (χ2n) is 5.56. The minimum absolute atomic E-state index is 0.0134. The van der Waals surface area contributed by atoms with E-state index in [9.17, 15) is 4.79 Å². The first-order chi connectivity index (χ1) is 10.2. The van der Waals surface area contributed by atoms with E-state index >= 15 is 0 Å². The molecule has 1 fully saturated rings. The molecule has 5 nitrogen and oxygen atoms in total. The maximum Gasteiger partial charge on any atom is 0.221 e. The molecular weight excluding hydrogens is 264 g/mol. The van der Waals surface area contributed by atoms with Crippen LogP contribution in [0.1, 0.15) is 18.5 Å². The summed E-state index contributed by atoms with van der Waals surface area (Å²) >= 11 is 0. The second-order valence-corrected chi connectivity index (χ2v) is 5.56. The van der Waals surface area contributed by atoms with Gasteiger partial charge in [-0.1, -0.05) is 0 Å². The monoisotopic (exact) mass is 284 g/mol. The van der Waals surface area contributed by atoms with Crippen molar-refractivity contribution in [2.75, 3.05) is 13.1 Å². The summed E-state index contributed by atoms with van der Waals surface area (Å²) in [5, 5.41) is 0. The lowest BCUT2D eigenvalue weighted by Gasteiger charge is -2.31. The van der Waals surface area contributed by atoms with Crippen LogP contribution in [0.15, 0.2) is 42.9 Å². The number of hydrogen-bond acceptors (Lipinski definition) is 3. The number of pyridine rings is 1. The van der Waals surface area contributed by atoms with E-state index in [4.69, 9.17) is 5.73 Å². The number of likely N-dealkylation sites (tertiary alicyclic amines) is 1. The van der Waals surface area contributed by atoms with Crippen LogP contribution in [0.4, 0.5) is 0 Å². The number of hydrogen-bond donors (Lipinski definition) is 1. The Morgan fingerprint density at radius 2 is 2.29 bits per heavy atom. The number of carbonyl (C=O) groups is 1. The molecule has 1 aliphatic heterocycles. The van der Waals surface area contributed by atoms with Crippen LogP contribution in [0.2, 0.25) is 0 Å². The van der Waals surface area contributed by atoms with Crippen LogP contribution >= 0.6 is 0 Å². The van der Waals surface area contributed by atoms with E-state index in [-0.39, 0.29) is 11.8 Å². The van der Waals surface area contributed by atoms with Crippen molar-refractivity contribution in [3.63, 3.8) is 0 Å². The summed E-state index contributed by atoms with van der Waals surface area (Å²) in [5.41, 5.74) is 7.70. The van der Waals surface area contributed by atoms with Gasteiger partial charge in [-0.05, 0) is 43.7 Å². The Labute approximate surface area is 124 Å². The van der Waals surface area contributed by atoms with Crippen molar-refractivity contribution in [3.8, 4) is 5.69 Å². The summed E-state index contributed by atoms with van der Waals surface area (Å²) in [5.74, 6) is -0.192. The van der Waals surface area contributed by atoms with Crippen molar-refractivity contribution in [1.29, 1.82) is 0 Å². The molecule has 0 bridgehead atoms. The fourth-order valence-corrected chi connectivity index (χ4v) is 2.95. The van der Waals surface area contributed by atoms with Crippen LogP contribution in [-0.4, -0.2) is 33.4 Å². The highest BCUT2D eigenvalue weighted by Gasteiger charge is 2.24. The predicted molar refractivity (Wildman–Crippen MR) is 80.8 cm³/mol. The fourth-order valence-electron chi connectivity index (χ4n) is 2.95. The minimum Gasteiger partial charge on any atom is -0.369 e. The molecule has 0 spiro atoms. The SMILES string of the molecule is NC(=O)C1CCCN(Cc2cccn2-c2cccnc2)C1. The van der Waals surface area contributed by atoms with E-state index in [1.165, 1.54) is 5.69 Å². The molecule has 1 amide bonds. The number of aromatic nitrogens is 2. The minimum atomic E-state index is -0.178. The molecule has 2 aromatic rings. The zero-order valence-electron chi connectivity index (χ0n) is 12.0. The Kier molecular flexibility index (Phi) is 4.01. The van der Waals surface area contributed by atoms with Gasteiger partial charge >= 0.3 is 0 Å². The molecule has 1 unspecified atom stereocenters. The molecule has 5 heteroatoms. The van der Waals surface area contributed by atoms with Gasteiger partial charge in [0, 0.05) is 31.2 Å². The zero-order valence-corrected chi connectivity index (χ0v) is 12.0. The first-order valence-corrected chi connectivity index (χ1v) is 7.32. The van der Waals surface area contributed by atoms with Crippen molar-refractivity contribution in [3.05, 3.63) is 48.5 Å². The van der Waals surface area contributed by atoms with Gasteiger partial charge in [-0.25, -0.2) is 0 Å². The molecule has 0 radical (unpaired) electrons. The summed E-state index contributed by atoms with van der Waals surface area (Å²) < 4.78 is 2.14. The molecule has 1 saturated heterocycles. The average Bonchev–Trinajstić information content (AvgIpc) is 2.96. The lowest BCUT2D eigenvalue weighted by atomic mass is 9.97. The standard InChI is InChI=1S/C16H20N4O/c17-16(21)13-4-2-8-19(11-13)12-15-6-3-9-20(15)14-5-1-7-18-10-14/h1,3,5-7,9-10,13H,2,4,8,11-12H2,(H2,17,21). The van der Waals surface area contributed by atoms with E-state index in [1.54, 1.807) is 6.20 Å². The first kappa shape index (κ1) is 13.8. The van der Waals surface area contributed by atoms with Crippen molar-refractivity contribution in [2.24, 2.45) is 11.7 Å². The van der Waals surface area contributed by atoms with Crippen molar-refractivity contribution >= 4 is 5.91 Å². The molecule has 3 rings (SSSR count). The van der Waals surface area contributed by atoms with Crippen molar-refractivity contribution in [1.82, 2.24) is 14.5 Å². The lowest BCUT2D eigenvalue weighted by Crippen LogP contribution is -2.40. The van der Waals surface area contributed by atoms with Gasteiger partial charge in [0.05, 0.1) is 17.8 Å². The highest BCUT2D eigenvalue weighted by molar-refractivity contribution is 5.76. The summed E-state index contributed by atoms with van der Waals surface area (Å²) in [6.45, 7) is 2.60. The number of nitrogens with zero attached hydrogens (tertiary/aromatic N) is 3. The van der Waals surface area contributed by atoms with E-state index < -0.39 is 0 Å². The molecule has 21 heavy (non-hydrogen) atoms. The molecule has 1 atom stereocenters. The molecule has 0 aliphatic carbocycles. The van der Waals surface area contributed by atoms with Crippen LogP contribution in [0.5, 0.6) is 0 Å². The Bertz CT molecular complexity index is 608. The van der Waals surface area contributed by atoms with Gasteiger partial charge in [-0.2, -0.15) is 0 Å². The predicted octanol–water partition coefficient (Wildman–Crippen LogP) is 1.57. The van der Waals surface area contributed by atoms with Gasteiger partial charge in [0.2, 0.25) is 5.91 Å². The highest BCUT2D eigenvalue weighted by Crippen LogP contribution is 2.20. The van der Waals surface area contributed by atoms with E-state index in [1.807, 2.05) is 30.6 Å². The smallest absolute Gasteiger partial charge is 0.221 e. The van der Waals surface area contributed by atoms with Crippen LogP contribution < -0.4 is 5.73 Å². The van der Waals surface area contributed by atoms with Crippen LogP contribution in [0.25, 0.3) is 5.69 Å². The summed E-state index contributed by atoms with van der Waals surface area (Å²) in [4.78, 5) is 17.8. The van der Waals surface area contributed by atoms with E-state index in [0.29, 0.717) is 0 Å². The number of carbonyl (C=O) groups excluding carboxylic acids is 1. The van der Waals surface area contributed by atoms with Gasteiger partial charge in [-0.3, -0.25) is 14.7 Å². The second kappa shape index (κ2) is 6.10. The van der Waals surface area contributed by atoms with Crippen LogP contribution in [0.3, 0.4) is 0 Å². The van der Waals surface area contributed by atoms with Crippen molar-refractivity contribution in [2.45, 2.75) is 19.4 Å². The molecule has 0 saturated carbocycles. The summed E-state index contributed by atoms with van der Waals surface area (Å²) in [6.07, 6.45) is 7.61. The molecule has 0 aromatic carbocycles. The van der Waals surface area contributed by atoms with E-state index in [2.05, 4.69) is 20.5 Å². The maximum atomic E-state index is 11.4. The van der Waals surface area contributed by atoms with Gasteiger partial charge < -0.3 is 10.3 Å². The third kappa shape index (κ3) is 3.13. The number of piperidine rings is 1. The molecule has 3 heterocycles. The molecule has 110 valence electrons. The first-order valence-electron chi connectivity index (χ1n) is 7.32. The highest BCUT2D eigenvalue weighted by atomic mass is 16.1. The summed E-state index contributed by atoms with van der Waals surface area (Å²) in [7, 11) is 0. The Balaban J connectivity index is 1.74. The topological polar surface area (TPSA) is 64.2 Å². The Hall–Kier alpha value is -2.14. The molecular formula is C16H20N4O. The number of nitrogens with two attached hydrogens (primary N) is 1. The Morgan fingerprint density at radius 3 is 3.05 bits per heavy atom. The van der Waals surface area contributed by atoms with E-state index in [0.717, 1.165) is 38.2 Å². The summed E-state index contributed by atoms with van der Waals surface area (Å²) in [6, 6.07) is 8.13. The number of primary amides is 1. The largest absolute Gasteiger partial charge is 0.369 e. The molecule has 2 N–H and O–H groups in total. The van der Waals surface area contributed by atoms with Gasteiger partial charge in [-0.15, -0.1) is 0 Å².